The maximum atomic E-state index is 12.1. The van der Waals surface area contributed by atoms with Crippen molar-refractivity contribution in [2.45, 2.75) is 13.3 Å². The molecule has 0 aliphatic rings. The average molecular weight is 295 g/mol. The molecule has 0 aliphatic heterocycles. The molecule has 21 heavy (non-hydrogen) atoms. The number of carbonyl (C=O) groups is 1. The molecule has 0 heterocycles. The lowest BCUT2D eigenvalue weighted by Gasteiger charge is -2.11. The van der Waals surface area contributed by atoms with Crippen molar-refractivity contribution in [3.8, 4) is 5.75 Å². The molecule has 2 rings (SSSR count). The van der Waals surface area contributed by atoms with E-state index in [4.69, 9.17) is 0 Å². The summed E-state index contributed by atoms with van der Waals surface area (Å²) in [7, 11) is 0. The number of ether oxygens (including phenoxy) is 1. The van der Waals surface area contributed by atoms with Gasteiger partial charge in [0.1, 0.15) is 5.75 Å². The molecule has 3 nitrogen and oxygen atoms in total. The Morgan fingerprint density at radius 1 is 1.10 bits per heavy atom. The van der Waals surface area contributed by atoms with Gasteiger partial charge < -0.3 is 10.1 Å². The predicted octanol–water partition coefficient (Wildman–Crippen LogP) is 4.15. The summed E-state index contributed by atoms with van der Waals surface area (Å²) in [4.78, 5) is 12.0. The van der Waals surface area contributed by atoms with Gasteiger partial charge in [0.2, 0.25) is 0 Å². The van der Waals surface area contributed by atoms with Gasteiger partial charge in [0.15, 0.2) is 0 Å². The first-order valence-corrected chi connectivity index (χ1v) is 6.07. The SMILES string of the molecule is Cc1cccc(C(=O)Nc2cccc(OC(F)(F)F)c2)c1. The largest absolute Gasteiger partial charge is 0.573 e. The molecule has 0 atom stereocenters. The third kappa shape index (κ3) is 4.52. The van der Waals surface area contributed by atoms with Gasteiger partial charge in [0, 0.05) is 17.3 Å². The number of halogens is 3. The van der Waals surface area contributed by atoms with E-state index in [-0.39, 0.29) is 11.4 Å². The van der Waals surface area contributed by atoms with E-state index in [0.29, 0.717) is 5.56 Å². The van der Waals surface area contributed by atoms with Gasteiger partial charge >= 0.3 is 6.36 Å². The van der Waals surface area contributed by atoms with Crippen molar-refractivity contribution in [1.82, 2.24) is 0 Å². The molecule has 2 aromatic carbocycles. The predicted molar refractivity (Wildman–Crippen MR) is 72.3 cm³/mol. The highest BCUT2D eigenvalue weighted by Gasteiger charge is 2.31. The van der Waals surface area contributed by atoms with Crippen LogP contribution in [0.5, 0.6) is 5.75 Å². The Morgan fingerprint density at radius 2 is 1.81 bits per heavy atom. The second kappa shape index (κ2) is 5.87. The van der Waals surface area contributed by atoms with Crippen molar-refractivity contribution in [2.24, 2.45) is 0 Å². The zero-order valence-electron chi connectivity index (χ0n) is 11.1. The lowest BCUT2D eigenvalue weighted by atomic mass is 10.1. The summed E-state index contributed by atoms with van der Waals surface area (Å²) < 4.78 is 40.2. The molecule has 1 amide bonds. The Balaban J connectivity index is 2.13. The summed E-state index contributed by atoms with van der Waals surface area (Å²) in [6.45, 7) is 1.84. The van der Waals surface area contributed by atoms with Crippen LogP contribution in [0, 0.1) is 6.92 Å². The van der Waals surface area contributed by atoms with Crippen LogP contribution in [0.4, 0.5) is 18.9 Å². The van der Waals surface area contributed by atoms with Crippen LogP contribution in [0.15, 0.2) is 48.5 Å². The quantitative estimate of drug-likeness (QED) is 0.924. The summed E-state index contributed by atoms with van der Waals surface area (Å²) in [5.41, 5.74) is 1.57. The van der Waals surface area contributed by atoms with Crippen LogP contribution in [-0.2, 0) is 0 Å². The topological polar surface area (TPSA) is 38.3 Å². The van der Waals surface area contributed by atoms with Gasteiger partial charge in [-0.15, -0.1) is 13.2 Å². The van der Waals surface area contributed by atoms with E-state index in [0.717, 1.165) is 17.7 Å². The highest BCUT2D eigenvalue weighted by molar-refractivity contribution is 6.04. The van der Waals surface area contributed by atoms with Gasteiger partial charge in [-0.2, -0.15) is 0 Å². The van der Waals surface area contributed by atoms with E-state index in [1.807, 2.05) is 13.0 Å². The number of amides is 1. The van der Waals surface area contributed by atoms with E-state index < -0.39 is 12.3 Å². The van der Waals surface area contributed by atoms with Gasteiger partial charge in [0.25, 0.3) is 5.91 Å². The van der Waals surface area contributed by atoms with Crippen molar-refractivity contribution in [3.05, 3.63) is 59.7 Å². The van der Waals surface area contributed by atoms with Crippen molar-refractivity contribution >= 4 is 11.6 Å². The normalized spacial score (nSPS) is 11.0. The summed E-state index contributed by atoms with van der Waals surface area (Å²) in [6, 6.07) is 12.0. The van der Waals surface area contributed by atoms with E-state index in [2.05, 4.69) is 10.1 Å². The molecule has 0 aromatic heterocycles. The second-order valence-corrected chi connectivity index (χ2v) is 4.40. The smallest absolute Gasteiger partial charge is 0.406 e. The lowest BCUT2D eigenvalue weighted by molar-refractivity contribution is -0.274. The minimum Gasteiger partial charge on any atom is -0.406 e. The fraction of sp³-hybridized carbons (Fsp3) is 0.133. The molecule has 1 N–H and O–H groups in total. The second-order valence-electron chi connectivity index (χ2n) is 4.40. The standard InChI is InChI=1S/C15H12F3NO2/c1-10-4-2-5-11(8-10)14(20)19-12-6-3-7-13(9-12)21-15(16,17)18/h2-9H,1H3,(H,19,20). The maximum Gasteiger partial charge on any atom is 0.573 e. The monoisotopic (exact) mass is 295 g/mol. The van der Waals surface area contributed by atoms with E-state index in [9.17, 15) is 18.0 Å². The van der Waals surface area contributed by atoms with E-state index in [1.54, 1.807) is 18.2 Å². The number of rotatable bonds is 3. The number of nitrogens with one attached hydrogen (secondary N) is 1. The number of anilines is 1. The van der Waals surface area contributed by atoms with Crippen LogP contribution < -0.4 is 10.1 Å². The zero-order chi connectivity index (χ0) is 15.5. The molecule has 6 heteroatoms. The first-order chi connectivity index (χ1) is 9.83. The van der Waals surface area contributed by atoms with Crippen molar-refractivity contribution in [2.75, 3.05) is 5.32 Å². The molecular weight excluding hydrogens is 283 g/mol. The minimum atomic E-state index is -4.76. The van der Waals surface area contributed by atoms with Gasteiger partial charge in [-0.05, 0) is 31.2 Å². The summed E-state index contributed by atoms with van der Waals surface area (Å²) in [6.07, 6.45) is -4.76. The van der Waals surface area contributed by atoms with Crippen LogP contribution >= 0.6 is 0 Å². The molecule has 0 unspecified atom stereocenters. The minimum absolute atomic E-state index is 0.225. The molecule has 0 saturated carbocycles. The Morgan fingerprint density at radius 3 is 2.48 bits per heavy atom. The lowest BCUT2D eigenvalue weighted by Crippen LogP contribution is -2.17. The Labute approximate surface area is 119 Å². The van der Waals surface area contributed by atoms with Crippen LogP contribution in [0.1, 0.15) is 15.9 Å². The van der Waals surface area contributed by atoms with Crippen molar-refractivity contribution in [1.29, 1.82) is 0 Å². The molecule has 0 spiro atoms. The molecule has 0 fully saturated rings. The Kier molecular flexibility index (Phi) is 4.16. The molecule has 2 aromatic rings. The number of alkyl halides is 3. The molecular formula is C15H12F3NO2. The van der Waals surface area contributed by atoms with Gasteiger partial charge in [-0.3, -0.25) is 4.79 Å². The Bertz CT molecular complexity index is 653. The molecule has 0 radical (unpaired) electrons. The molecule has 0 aliphatic carbocycles. The number of hydrogen-bond acceptors (Lipinski definition) is 2. The maximum absolute atomic E-state index is 12.1. The third-order valence-corrected chi connectivity index (χ3v) is 2.61. The summed E-state index contributed by atoms with van der Waals surface area (Å²) in [5, 5.41) is 2.53. The van der Waals surface area contributed by atoms with Crippen LogP contribution in [0.3, 0.4) is 0 Å². The Hall–Kier alpha value is -2.50. The fourth-order valence-electron chi connectivity index (χ4n) is 1.76. The summed E-state index contributed by atoms with van der Waals surface area (Å²) in [5.74, 6) is -0.785. The molecule has 0 bridgehead atoms. The van der Waals surface area contributed by atoms with Gasteiger partial charge in [-0.25, -0.2) is 0 Å². The summed E-state index contributed by atoms with van der Waals surface area (Å²) >= 11 is 0. The first-order valence-electron chi connectivity index (χ1n) is 6.07. The van der Waals surface area contributed by atoms with Crippen molar-refractivity contribution < 1.29 is 22.7 Å². The molecule has 0 saturated heterocycles. The number of hydrogen-bond donors (Lipinski definition) is 1. The van der Waals surface area contributed by atoms with Crippen LogP contribution in [0.25, 0.3) is 0 Å². The van der Waals surface area contributed by atoms with Crippen LogP contribution in [-0.4, -0.2) is 12.3 Å². The molecule has 110 valence electrons. The van der Waals surface area contributed by atoms with Crippen molar-refractivity contribution in [3.63, 3.8) is 0 Å². The van der Waals surface area contributed by atoms with Crippen LogP contribution in [0.2, 0.25) is 0 Å². The first kappa shape index (κ1) is 14.9. The van der Waals surface area contributed by atoms with E-state index in [1.165, 1.54) is 12.1 Å². The highest BCUT2D eigenvalue weighted by Crippen LogP contribution is 2.25. The zero-order valence-corrected chi connectivity index (χ0v) is 11.1. The number of aryl methyl sites for hydroxylation is 1. The number of carbonyl (C=O) groups excluding carboxylic acids is 1. The highest BCUT2D eigenvalue weighted by atomic mass is 19.4. The average Bonchev–Trinajstić information content (AvgIpc) is 2.37. The van der Waals surface area contributed by atoms with Gasteiger partial charge in [0.05, 0.1) is 0 Å². The number of benzene rings is 2. The fourth-order valence-corrected chi connectivity index (χ4v) is 1.76. The van der Waals surface area contributed by atoms with Gasteiger partial charge in [-0.1, -0.05) is 23.8 Å². The van der Waals surface area contributed by atoms with E-state index >= 15 is 0 Å². The third-order valence-electron chi connectivity index (χ3n) is 2.61.